The minimum atomic E-state index is -0.548. The zero-order chi connectivity index (χ0) is 19.3. The summed E-state index contributed by atoms with van der Waals surface area (Å²) in [5, 5.41) is 0. The number of pyridine rings is 1. The van der Waals surface area contributed by atoms with Crippen LogP contribution >= 0.6 is 0 Å². The van der Waals surface area contributed by atoms with E-state index in [2.05, 4.69) is 11.9 Å². The molecule has 2 heterocycles. The second-order valence-electron chi connectivity index (χ2n) is 7.81. The molecule has 2 rings (SSSR count). The third kappa shape index (κ3) is 5.19. The molecule has 1 aliphatic rings. The van der Waals surface area contributed by atoms with Crippen molar-refractivity contribution in [2.45, 2.75) is 71.9 Å². The van der Waals surface area contributed by atoms with Crippen molar-refractivity contribution in [1.29, 1.82) is 0 Å². The molecule has 0 spiro atoms. The summed E-state index contributed by atoms with van der Waals surface area (Å²) in [4.78, 5) is 32.3. The van der Waals surface area contributed by atoms with Crippen LogP contribution < -0.4 is 4.90 Å². The Bertz CT molecular complexity index is 622. The van der Waals surface area contributed by atoms with E-state index in [0.29, 0.717) is 12.4 Å². The van der Waals surface area contributed by atoms with Gasteiger partial charge in [-0.1, -0.05) is 19.4 Å². The highest BCUT2D eigenvalue weighted by atomic mass is 16.6. The lowest BCUT2D eigenvalue weighted by Crippen LogP contribution is -2.38. The van der Waals surface area contributed by atoms with Crippen LogP contribution in [0.1, 0.15) is 71.9 Å². The van der Waals surface area contributed by atoms with Gasteiger partial charge in [0.2, 0.25) is 5.91 Å². The normalized spacial score (nSPS) is 17.3. The van der Waals surface area contributed by atoms with E-state index in [0.717, 1.165) is 37.8 Å². The molecule has 1 atom stereocenters. The van der Waals surface area contributed by atoms with Gasteiger partial charge in [0.1, 0.15) is 11.4 Å². The molecular formula is C20H31N3O3. The highest BCUT2D eigenvalue weighted by molar-refractivity contribution is 5.86. The quantitative estimate of drug-likeness (QED) is 0.784. The van der Waals surface area contributed by atoms with Crippen molar-refractivity contribution < 1.29 is 14.3 Å². The molecule has 1 aromatic rings. The Balaban J connectivity index is 2.18. The molecule has 0 bridgehead atoms. The third-order valence-electron chi connectivity index (χ3n) is 4.44. The van der Waals surface area contributed by atoms with E-state index in [4.69, 9.17) is 4.74 Å². The minimum absolute atomic E-state index is 0.0830. The van der Waals surface area contributed by atoms with E-state index < -0.39 is 5.60 Å². The molecule has 0 radical (unpaired) electrons. The van der Waals surface area contributed by atoms with Gasteiger partial charge in [-0.15, -0.1) is 0 Å². The summed E-state index contributed by atoms with van der Waals surface area (Å²) >= 11 is 0. The van der Waals surface area contributed by atoms with Crippen molar-refractivity contribution in [2.24, 2.45) is 0 Å². The van der Waals surface area contributed by atoms with Gasteiger partial charge in [-0.3, -0.25) is 9.69 Å². The van der Waals surface area contributed by atoms with Gasteiger partial charge in [-0.2, -0.15) is 0 Å². The van der Waals surface area contributed by atoms with Gasteiger partial charge in [-0.25, -0.2) is 9.78 Å². The van der Waals surface area contributed by atoms with Crippen molar-refractivity contribution in [1.82, 2.24) is 9.88 Å². The maximum atomic E-state index is 12.6. The number of hydrogen-bond acceptors (Lipinski definition) is 4. The van der Waals surface area contributed by atoms with Gasteiger partial charge in [0.15, 0.2) is 0 Å². The largest absolute Gasteiger partial charge is 0.443 e. The van der Waals surface area contributed by atoms with E-state index in [-0.39, 0.29) is 18.0 Å². The summed E-state index contributed by atoms with van der Waals surface area (Å²) < 4.78 is 5.52. The smallest absolute Gasteiger partial charge is 0.416 e. The second kappa shape index (κ2) is 8.52. The zero-order valence-corrected chi connectivity index (χ0v) is 16.6. The number of amides is 2. The van der Waals surface area contributed by atoms with E-state index in [1.165, 1.54) is 0 Å². The van der Waals surface area contributed by atoms with E-state index in [1.807, 2.05) is 37.8 Å². The summed E-state index contributed by atoms with van der Waals surface area (Å²) in [6, 6.07) is 3.91. The average Bonchev–Trinajstić information content (AvgIpc) is 3.04. The van der Waals surface area contributed by atoms with Crippen molar-refractivity contribution in [3.63, 3.8) is 0 Å². The van der Waals surface area contributed by atoms with Crippen molar-refractivity contribution in [3.8, 4) is 0 Å². The van der Waals surface area contributed by atoms with Gasteiger partial charge < -0.3 is 9.64 Å². The maximum Gasteiger partial charge on any atom is 0.416 e. The fraction of sp³-hybridized carbons (Fsp3) is 0.650. The number of aromatic nitrogens is 1. The summed E-state index contributed by atoms with van der Waals surface area (Å²) in [6.45, 7) is 10.6. The standard InChI is InChI=1S/C20H31N3O3/c1-6-7-12-23(19(25)26-20(3,4)5)18-11-10-16(14-21-18)17-9-8-13-22(17)15(2)24/h10-11,14,17H,6-9,12-13H2,1-5H3. The minimum Gasteiger partial charge on any atom is -0.443 e. The Morgan fingerprint density at radius 2 is 2.08 bits per heavy atom. The number of hydrogen-bond donors (Lipinski definition) is 0. The number of unbranched alkanes of at least 4 members (excludes halogenated alkanes) is 1. The number of carbonyl (C=O) groups is 2. The average molecular weight is 361 g/mol. The highest BCUT2D eigenvalue weighted by Gasteiger charge is 2.29. The van der Waals surface area contributed by atoms with Crippen LogP contribution in [0.5, 0.6) is 0 Å². The third-order valence-corrected chi connectivity index (χ3v) is 4.44. The van der Waals surface area contributed by atoms with Crippen LogP contribution in [-0.4, -0.2) is 40.6 Å². The Kier molecular flexibility index (Phi) is 6.62. The Labute approximate surface area is 156 Å². The molecule has 1 aromatic heterocycles. The molecular weight excluding hydrogens is 330 g/mol. The Morgan fingerprint density at radius 1 is 1.35 bits per heavy atom. The second-order valence-corrected chi connectivity index (χ2v) is 7.81. The first-order valence-corrected chi connectivity index (χ1v) is 9.46. The molecule has 0 N–H and O–H groups in total. The number of anilines is 1. The fourth-order valence-corrected chi connectivity index (χ4v) is 3.18. The lowest BCUT2D eigenvalue weighted by Gasteiger charge is -2.27. The van der Waals surface area contributed by atoms with Crippen LogP contribution in [0.25, 0.3) is 0 Å². The van der Waals surface area contributed by atoms with Crippen LogP contribution in [0.2, 0.25) is 0 Å². The Morgan fingerprint density at radius 3 is 2.62 bits per heavy atom. The molecule has 6 nitrogen and oxygen atoms in total. The number of rotatable bonds is 5. The number of carbonyl (C=O) groups excluding carboxylic acids is 2. The summed E-state index contributed by atoms with van der Waals surface area (Å²) in [6.07, 6.45) is 5.22. The van der Waals surface area contributed by atoms with Gasteiger partial charge in [0.05, 0.1) is 6.04 Å². The summed E-state index contributed by atoms with van der Waals surface area (Å²) in [7, 11) is 0. The molecule has 1 saturated heterocycles. The van der Waals surface area contributed by atoms with Gasteiger partial charge in [-0.05, 0) is 51.7 Å². The number of ether oxygens (including phenoxy) is 1. The predicted molar refractivity (Wildman–Crippen MR) is 102 cm³/mol. The number of likely N-dealkylation sites (tertiary alicyclic amines) is 1. The van der Waals surface area contributed by atoms with Crippen LogP contribution in [-0.2, 0) is 9.53 Å². The van der Waals surface area contributed by atoms with Gasteiger partial charge in [0, 0.05) is 26.2 Å². The lowest BCUT2D eigenvalue weighted by atomic mass is 10.1. The number of nitrogens with zero attached hydrogens (tertiary/aromatic N) is 3. The van der Waals surface area contributed by atoms with Crippen molar-refractivity contribution in [2.75, 3.05) is 18.0 Å². The van der Waals surface area contributed by atoms with E-state index >= 15 is 0 Å². The molecule has 1 fully saturated rings. The van der Waals surface area contributed by atoms with Gasteiger partial charge in [0.25, 0.3) is 0 Å². The molecule has 6 heteroatoms. The monoisotopic (exact) mass is 361 g/mol. The first kappa shape index (κ1) is 20.2. The lowest BCUT2D eigenvalue weighted by molar-refractivity contribution is -0.129. The van der Waals surface area contributed by atoms with Crippen molar-refractivity contribution in [3.05, 3.63) is 23.9 Å². The molecule has 0 saturated carbocycles. The molecule has 2 amide bonds. The highest BCUT2D eigenvalue weighted by Crippen LogP contribution is 2.32. The van der Waals surface area contributed by atoms with Crippen LogP contribution in [0.15, 0.2) is 18.3 Å². The van der Waals surface area contributed by atoms with Crippen LogP contribution in [0, 0.1) is 0 Å². The molecule has 26 heavy (non-hydrogen) atoms. The van der Waals surface area contributed by atoms with Crippen LogP contribution in [0.3, 0.4) is 0 Å². The molecule has 1 aliphatic heterocycles. The Hall–Kier alpha value is -2.11. The first-order valence-electron chi connectivity index (χ1n) is 9.46. The molecule has 0 aromatic carbocycles. The topological polar surface area (TPSA) is 62.7 Å². The van der Waals surface area contributed by atoms with E-state index in [9.17, 15) is 9.59 Å². The maximum absolute atomic E-state index is 12.6. The van der Waals surface area contributed by atoms with Gasteiger partial charge >= 0.3 is 6.09 Å². The van der Waals surface area contributed by atoms with Crippen molar-refractivity contribution >= 4 is 17.8 Å². The summed E-state index contributed by atoms with van der Waals surface area (Å²) in [5.74, 6) is 0.679. The SMILES string of the molecule is CCCCN(C(=O)OC(C)(C)C)c1ccc(C2CCCN2C(C)=O)cn1. The predicted octanol–water partition coefficient (Wildman–Crippen LogP) is 4.31. The van der Waals surface area contributed by atoms with Crippen LogP contribution in [0.4, 0.5) is 10.6 Å². The summed E-state index contributed by atoms with van der Waals surface area (Å²) in [5.41, 5.74) is 0.467. The molecule has 1 unspecified atom stereocenters. The van der Waals surface area contributed by atoms with E-state index in [1.54, 1.807) is 18.0 Å². The first-order chi connectivity index (χ1) is 12.2. The molecule has 144 valence electrons. The molecule has 0 aliphatic carbocycles. The zero-order valence-electron chi connectivity index (χ0n) is 16.6. The fourth-order valence-electron chi connectivity index (χ4n) is 3.18.